The van der Waals surface area contributed by atoms with Gasteiger partial charge in [0, 0.05) is 24.5 Å². The van der Waals surface area contributed by atoms with Crippen LogP contribution in [-0.2, 0) is 4.79 Å². The van der Waals surface area contributed by atoms with Gasteiger partial charge in [-0.15, -0.1) is 11.3 Å². The lowest BCUT2D eigenvalue weighted by Gasteiger charge is -2.14. The van der Waals surface area contributed by atoms with E-state index in [1.165, 1.54) is 24.2 Å². The maximum Gasteiger partial charge on any atom is 0.270 e. The second kappa shape index (κ2) is 10.8. The van der Waals surface area contributed by atoms with Gasteiger partial charge in [-0.1, -0.05) is 60.7 Å². The van der Waals surface area contributed by atoms with Gasteiger partial charge in [-0.25, -0.2) is 4.98 Å². The van der Waals surface area contributed by atoms with Gasteiger partial charge in [0.2, 0.25) is 0 Å². The van der Waals surface area contributed by atoms with E-state index in [1.807, 2.05) is 60.7 Å². The Hall–Kier alpha value is -3.29. The predicted octanol–water partition coefficient (Wildman–Crippen LogP) is 4.04. The summed E-state index contributed by atoms with van der Waals surface area (Å²) in [6.07, 6.45) is 4.03. The van der Waals surface area contributed by atoms with E-state index in [0.717, 1.165) is 36.3 Å². The van der Waals surface area contributed by atoms with Crippen molar-refractivity contribution >= 4 is 33.9 Å². The van der Waals surface area contributed by atoms with Crippen molar-refractivity contribution in [3.8, 4) is 0 Å². The zero-order valence-electron chi connectivity index (χ0n) is 17.8. The number of carbonyl (C=O) groups excluding carboxylic acids is 2. The molecular formula is C25H26N4O2S. The van der Waals surface area contributed by atoms with Crippen LogP contribution in [0.15, 0.2) is 72.1 Å². The van der Waals surface area contributed by atoms with E-state index in [-0.39, 0.29) is 11.8 Å². The summed E-state index contributed by atoms with van der Waals surface area (Å²) in [6.45, 7) is 3.65. The molecular weight excluding hydrogens is 420 g/mol. The van der Waals surface area contributed by atoms with E-state index < -0.39 is 0 Å². The maximum atomic E-state index is 12.7. The molecule has 2 aromatic carbocycles. The summed E-state index contributed by atoms with van der Waals surface area (Å²) in [5, 5.41) is 7.76. The highest BCUT2D eigenvalue weighted by Crippen LogP contribution is 2.23. The molecule has 6 nitrogen and oxygen atoms in total. The lowest BCUT2D eigenvalue weighted by molar-refractivity contribution is -0.111. The van der Waals surface area contributed by atoms with Crippen LogP contribution in [0.4, 0.5) is 5.13 Å². The molecule has 1 fully saturated rings. The van der Waals surface area contributed by atoms with Gasteiger partial charge in [0.1, 0.15) is 5.69 Å². The summed E-state index contributed by atoms with van der Waals surface area (Å²) >= 11 is 1.24. The Morgan fingerprint density at radius 3 is 2.22 bits per heavy atom. The second-order valence-electron chi connectivity index (χ2n) is 7.62. The van der Waals surface area contributed by atoms with Gasteiger partial charge in [0.25, 0.3) is 11.8 Å². The average Bonchev–Trinajstić information content (AvgIpc) is 3.51. The number of amides is 2. The molecule has 0 aliphatic carbocycles. The lowest BCUT2D eigenvalue weighted by Crippen LogP contribution is -2.33. The minimum absolute atomic E-state index is 0.217. The number of thiazole rings is 1. The molecule has 4 rings (SSSR count). The first-order chi connectivity index (χ1) is 15.7. The number of benzene rings is 2. The van der Waals surface area contributed by atoms with Gasteiger partial charge in [-0.3, -0.25) is 14.9 Å². The molecule has 3 aromatic rings. The number of hydrogen-bond donors (Lipinski definition) is 2. The van der Waals surface area contributed by atoms with E-state index in [9.17, 15) is 9.59 Å². The number of aromatic nitrogens is 1. The van der Waals surface area contributed by atoms with Crippen LogP contribution in [0.5, 0.6) is 0 Å². The first-order valence-corrected chi connectivity index (χ1v) is 11.7. The van der Waals surface area contributed by atoms with Crippen LogP contribution in [0, 0.1) is 0 Å². The lowest BCUT2D eigenvalue weighted by atomic mass is 9.97. The monoisotopic (exact) mass is 446 g/mol. The van der Waals surface area contributed by atoms with Crippen molar-refractivity contribution in [3.63, 3.8) is 0 Å². The van der Waals surface area contributed by atoms with Gasteiger partial charge in [0.15, 0.2) is 5.13 Å². The molecule has 164 valence electrons. The molecule has 0 atom stereocenters. The molecule has 1 aromatic heterocycles. The molecule has 0 radical (unpaired) electrons. The van der Waals surface area contributed by atoms with Gasteiger partial charge < -0.3 is 10.2 Å². The number of hydrogen-bond acceptors (Lipinski definition) is 5. The summed E-state index contributed by atoms with van der Waals surface area (Å²) in [6, 6.07) is 19.6. The largest absolute Gasteiger partial charge is 0.349 e. The summed E-state index contributed by atoms with van der Waals surface area (Å²) in [4.78, 5) is 31.7. The third-order valence-corrected chi connectivity index (χ3v) is 6.08. The number of nitrogens with zero attached hydrogens (tertiary/aromatic N) is 2. The quantitative estimate of drug-likeness (QED) is 0.512. The van der Waals surface area contributed by atoms with E-state index in [2.05, 4.69) is 20.5 Å². The highest BCUT2D eigenvalue weighted by atomic mass is 32.1. The molecule has 2 N–H and O–H groups in total. The number of likely N-dealkylation sites (tertiary alicyclic amines) is 1. The van der Waals surface area contributed by atoms with Gasteiger partial charge >= 0.3 is 0 Å². The van der Waals surface area contributed by atoms with Crippen molar-refractivity contribution in [1.29, 1.82) is 0 Å². The minimum atomic E-state index is -0.289. The topological polar surface area (TPSA) is 74.3 Å². The molecule has 0 bridgehead atoms. The third kappa shape index (κ3) is 5.90. The Morgan fingerprint density at radius 1 is 0.969 bits per heavy atom. The summed E-state index contributed by atoms with van der Waals surface area (Å²) in [7, 11) is 0. The number of nitrogens with one attached hydrogen (secondary N) is 2. The highest BCUT2D eigenvalue weighted by Gasteiger charge is 2.15. The van der Waals surface area contributed by atoms with Gasteiger partial charge in [0.05, 0.1) is 0 Å². The maximum absolute atomic E-state index is 12.7. The van der Waals surface area contributed by atoms with E-state index in [1.54, 1.807) is 11.5 Å². The van der Waals surface area contributed by atoms with Crippen LogP contribution < -0.4 is 10.6 Å². The molecule has 32 heavy (non-hydrogen) atoms. The molecule has 7 heteroatoms. The first-order valence-electron chi connectivity index (χ1n) is 10.8. The summed E-state index contributed by atoms with van der Waals surface area (Å²) in [5.74, 6) is -0.506. The molecule has 0 spiro atoms. The van der Waals surface area contributed by atoms with Crippen LogP contribution in [0.3, 0.4) is 0 Å². The Balaban J connectivity index is 1.40. The average molecular weight is 447 g/mol. The first kappa shape index (κ1) is 21.9. The summed E-state index contributed by atoms with van der Waals surface area (Å²) < 4.78 is 0. The van der Waals surface area contributed by atoms with Crippen molar-refractivity contribution < 1.29 is 9.59 Å². The Labute approximate surface area is 192 Å². The molecule has 2 heterocycles. The predicted molar refractivity (Wildman–Crippen MR) is 129 cm³/mol. The minimum Gasteiger partial charge on any atom is -0.349 e. The molecule has 2 amide bonds. The fourth-order valence-corrected chi connectivity index (χ4v) is 4.39. The van der Waals surface area contributed by atoms with Crippen LogP contribution in [0.25, 0.3) is 5.57 Å². The van der Waals surface area contributed by atoms with Crippen molar-refractivity contribution in [2.45, 2.75) is 12.8 Å². The van der Waals surface area contributed by atoms with Crippen LogP contribution in [0.1, 0.15) is 34.5 Å². The second-order valence-corrected chi connectivity index (χ2v) is 8.48. The van der Waals surface area contributed by atoms with E-state index >= 15 is 0 Å². The number of anilines is 1. The Kier molecular flexibility index (Phi) is 7.42. The van der Waals surface area contributed by atoms with Crippen molar-refractivity contribution in [3.05, 3.63) is 88.9 Å². The number of carbonyl (C=O) groups is 2. The third-order valence-electron chi connectivity index (χ3n) is 5.32. The van der Waals surface area contributed by atoms with Crippen molar-refractivity contribution in [2.24, 2.45) is 0 Å². The van der Waals surface area contributed by atoms with Crippen LogP contribution >= 0.6 is 11.3 Å². The van der Waals surface area contributed by atoms with Crippen LogP contribution in [0.2, 0.25) is 0 Å². The molecule has 0 unspecified atom stereocenters. The van der Waals surface area contributed by atoms with Gasteiger partial charge in [-0.2, -0.15) is 0 Å². The molecule has 1 aliphatic rings. The smallest absolute Gasteiger partial charge is 0.270 e. The fraction of sp³-hybridized carbons (Fsp3) is 0.240. The van der Waals surface area contributed by atoms with E-state index in [4.69, 9.17) is 0 Å². The highest BCUT2D eigenvalue weighted by molar-refractivity contribution is 7.14. The standard InChI is InChI=1S/C25H26N4O2S/c30-23(17-21(19-9-3-1-4-10-19)20-11-5-2-6-12-20)28-25-27-22(18-32-25)24(31)26-13-16-29-14-7-8-15-29/h1-6,9-12,17-18H,7-8,13-16H2,(H,26,31)(H,27,28,30). The zero-order chi connectivity index (χ0) is 22.2. The Morgan fingerprint density at radius 2 is 1.59 bits per heavy atom. The van der Waals surface area contributed by atoms with E-state index in [0.29, 0.717) is 17.4 Å². The molecule has 1 aliphatic heterocycles. The zero-order valence-corrected chi connectivity index (χ0v) is 18.6. The van der Waals surface area contributed by atoms with Crippen molar-refractivity contribution in [2.75, 3.05) is 31.5 Å². The SMILES string of the molecule is O=C(C=C(c1ccccc1)c1ccccc1)Nc1nc(C(=O)NCCN2CCCC2)cs1. The van der Waals surface area contributed by atoms with Crippen LogP contribution in [-0.4, -0.2) is 47.9 Å². The van der Waals surface area contributed by atoms with Crippen molar-refractivity contribution in [1.82, 2.24) is 15.2 Å². The molecule has 1 saturated heterocycles. The fourth-order valence-electron chi connectivity index (χ4n) is 3.70. The summed E-state index contributed by atoms with van der Waals surface area (Å²) in [5.41, 5.74) is 3.04. The Bertz CT molecular complexity index is 1030. The van der Waals surface area contributed by atoms with Gasteiger partial charge in [-0.05, 0) is 42.6 Å². The normalized spacial score (nSPS) is 13.5. The molecule has 0 saturated carbocycles. The number of rotatable bonds is 8.